The number of piperazine rings is 1. The number of hydrogen-bond donors (Lipinski definition) is 1. The maximum Gasteiger partial charge on any atom is 0.251 e. The molecule has 0 spiro atoms. The Balaban J connectivity index is 1.95. The summed E-state index contributed by atoms with van der Waals surface area (Å²) in [6, 6.07) is -0.642. The van der Waals surface area contributed by atoms with Crippen LogP contribution in [0, 0.1) is 10.1 Å². The van der Waals surface area contributed by atoms with Gasteiger partial charge >= 0.3 is 0 Å². The van der Waals surface area contributed by atoms with Gasteiger partial charge in [-0.3, -0.25) is 15.1 Å². The molecule has 15 heavy (non-hydrogen) atoms. The minimum atomic E-state index is -0.642. The Kier molecular flexibility index (Phi) is 2.96. The normalized spacial score (nSPS) is 26.3. The maximum atomic E-state index is 10.5. The van der Waals surface area contributed by atoms with Gasteiger partial charge in [-0.25, -0.2) is 0 Å². The molecule has 0 saturated carbocycles. The predicted molar refractivity (Wildman–Crippen MR) is 56.7 cm³/mol. The van der Waals surface area contributed by atoms with E-state index >= 15 is 0 Å². The number of nitro groups is 1. The lowest BCUT2D eigenvalue weighted by Gasteiger charge is -2.30. The van der Waals surface area contributed by atoms with Crippen molar-refractivity contribution in [3.8, 4) is 0 Å². The van der Waals surface area contributed by atoms with Crippen molar-refractivity contribution in [1.29, 1.82) is 0 Å². The molecule has 6 heteroatoms. The van der Waals surface area contributed by atoms with Crippen LogP contribution < -0.4 is 5.32 Å². The van der Waals surface area contributed by atoms with Crippen molar-refractivity contribution in [2.45, 2.75) is 6.04 Å². The number of nitrogens with zero attached hydrogens (tertiary/aromatic N) is 3. The van der Waals surface area contributed by atoms with Gasteiger partial charge in [0.2, 0.25) is 0 Å². The molecular formula is C9H14N4O2. The number of aliphatic imine (C=N–C) groups is 1. The summed E-state index contributed by atoms with van der Waals surface area (Å²) in [6.45, 7) is 4.01. The number of amidine groups is 1. The van der Waals surface area contributed by atoms with E-state index in [4.69, 9.17) is 0 Å². The number of hydrogen-bond acceptors (Lipinski definition) is 5. The van der Waals surface area contributed by atoms with E-state index in [9.17, 15) is 10.1 Å². The van der Waals surface area contributed by atoms with Crippen molar-refractivity contribution < 1.29 is 4.92 Å². The van der Waals surface area contributed by atoms with E-state index in [2.05, 4.69) is 15.2 Å². The quantitative estimate of drug-likeness (QED) is 0.468. The summed E-state index contributed by atoms with van der Waals surface area (Å²) in [7, 11) is 0. The molecule has 2 aliphatic rings. The van der Waals surface area contributed by atoms with Crippen LogP contribution in [0.25, 0.3) is 0 Å². The predicted octanol–water partition coefficient (Wildman–Crippen LogP) is -0.495. The van der Waals surface area contributed by atoms with Gasteiger partial charge < -0.3 is 10.2 Å². The highest BCUT2D eigenvalue weighted by Gasteiger charge is 2.22. The minimum Gasteiger partial charge on any atom is -0.354 e. The first-order valence-electron chi connectivity index (χ1n) is 5.09. The van der Waals surface area contributed by atoms with Gasteiger partial charge in [0.15, 0.2) is 0 Å². The van der Waals surface area contributed by atoms with Gasteiger partial charge in [-0.2, -0.15) is 0 Å². The van der Waals surface area contributed by atoms with E-state index in [0.29, 0.717) is 0 Å². The van der Waals surface area contributed by atoms with Crippen LogP contribution in [-0.4, -0.2) is 54.4 Å². The molecule has 2 rings (SSSR count). The Bertz CT molecular complexity index is 307. The van der Waals surface area contributed by atoms with E-state index in [1.165, 1.54) is 0 Å². The Morgan fingerprint density at radius 1 is 1.53 bits per heavy atom. The van der Waals surface area contributed by atoms with Gasteiger partial charge in [-0.15, -0.1) is 0 Å². The highest BCUT2D eigenvalue weighted by molar-refractivity contribution is 5.93. The van der Waals surface area contributed by atoms with Gasteiger partial charge in [-0.05, 0) is 12.2 Å². The zero-order valence-electron chi connectivity index (χ0n) is 8.43. The summed E-state index contributed by atoms with van der Waals surface area (Å²) in [4.78, 5) is 16.6. The van der Waals surface area contributed by atoms with Crippen LogP contribution in [0.5, 0.6) is 0 Å². The third kappa shape index (κ3) is 2.33. The fourth-order valence-electron chi connectivity index (χ4n) is 1.73. The van der Waals surface area contributed by atoms with Crippen molar-refractivity contribution in [3.63, 3.8) is 0 Å². The largest absolute Gasteiger partial charge is 0.354 e. The molecule has 2 heterocycles. The van der Waals surface area contributed by atoms with Gasteiger partial charge in [0.05, 0.1) is 0 Å². The zero-order chi connectivity index (χ0) is 10.7. The second-order valence-corrected chi connectivity index (χ2v) is 3.65. The SMILES string of the molecule is O=[N+]([O-])C1C=CC(N2CCNCC2)=NC1. The topological polar surface area (TPSA) is 70.8 Å². The van der Waals surface area contributed by atoms with Crippen LogP contribution in [0.3, 0.4) is 0 Å². The lowest BCUT2D eigenvalue weighted by molar-refractivity contribution is -0.506. The molecule has 6 nitrogen and oxygen atoms in total. The van der Waals surface area contributed by atoms with Crippen LogP contribution in [0.4, 0.5) is 0 Å². The molecule has 0 aromatic carbocycles. The van der Waals surface area contributed by atoms with E-state index in [-0.39, 0.29) is 11.5 Å². The molecule has 0 radical (unpaired) electrons. The van der Waals surface area contributed by atoms with Crippen LogP contribution in [0.15, 0.2) is 17.1 Å². The third-order valence-corrected chi connectivity index (χ3v) is 2.62. The first kappa shape index (κ1) is 10.1. The summed E-state index contributed by atoms with van der Waals surface area (Å²) in [5.74, 6) is 0.884. The van der Waals surface area contributed by atoms with Crippen molar-refractivity contribution in [2.24, 2.45) is 4.99 Å². The molecular weight excluding hydrogens is 196 g/mol. The van der Waals surface area contributed by atoms with Gasteiger partial charge in [-0.1, -0.05) is 0 Å². The summed E-state index contributed by atoms with van der Waals surface area (Å²) in [5, 5.41) is 13.8. The second kappa shape index (κ2) is 4.39. The minimum absolute atomic E-state index is 0.267. The highest BCUT2D eigenvalue weighted by atomic mass is 16.6. The molecule has 0 aromatic heterocycles. The smallest absolute Gasteiger partial charge is 0.251 e. The van der Waals surface area contributed by atoms with E-state index in [0.717, 1.165) is 32.0 Å². The molecule has 1 unspecified atom stereocenters. The maximum absolute atomic E-state index is 10.5. The average Bonchev–Trinajstić information content (AvgIpc) is 2.30. The molecule has 1 N–H and O–H groups in total. The van der Waals surface area contributed by atoms with Crippen LogP contribution in [-0.2, 0) is 0 Å². The highest BCUT2D eigenvalue weighted by Crippen LogP contribution is 2.06. The Morgan fingerprint density at radius 2 is 2.27 bits per heavy atom. The Labute approximate surface area is 87.8 Å². The van der Waals surface area contributed by atoms with Crippen LogP contribution in [0.2, 0.25) is 0 Å². The molecule has 0 amide bonds. The fraction of sp³-hybridized carbons (Fsp3) is 0.667. The number of dihydropyridines is 1. The van der Waals surface area contributed by atoms with Crippen LogP contribution in [0.1, 0.15) is 0 Å². The first-order chi connectivity index (χ1) is 7.27. The Hall–Kier alpha value is -1.43. The molecule has 82 valence electrons. The van der Waals surface area contributed by atoms with Crippen molar-refractivity contribution in [3.05, 3.63) is 22.3 Å². The molecule has 0 aliphatic carbocycles. The summed E-state index contributed by atoms with van der Waals surface area (Å²) in [5.41, 5.74) is 0. The third-order valence-electron chi connectivity index (χ3n) is 2.62. The second-order valence-electron chi connectivity index (χ2n) is 3.65. The zero-order valence-corrected chi connectivity index (χ0v) is 8.43. The monoisotopic (exact) mass is 210 g/mol. The van der Waals surface area contributed by atoms with Crippen molar-refractivity contribution in [2.75, 3.05) is 32.7 Å². The molecule has 1 fully saturated rings. The average molecular weight is 210 g/mol. The van der Waals surface area contributed by atoms with Gasteiger partial charge in [0.25, 0.3) is 6.04 Å². The lowest BCUT2D eigenvalue weighted by Crippen LogP contribution is -2.46. The summed E-state index contributed by atoms with van der Waals surface area (Å²) in [6.07, 6.45) is 3.40. The Morgan fingerprint density at radius 3 is 2.80 bits per heavy atom. The van der Waals surface area contributed by atoms with Crippen molar-refractivity contribution >= 4 is 5.84 Å². The molecule has 2 aliphatic heterocycles. The van der Waals surface area contributed by atoms with E-state index < -0.39 is 6.04 Å². The summed E-state index contributed by atoms with van der Waals surface area (Å²) >= 11 is 0. The van der Waals surface area contributed by atoms with Crippen LogP contribution >= 0.6 is 0 Å². The summed E-state index contributed by atoms with van der Waals surface area (Å²) < 4.78 is 0. The standard InChI is InChI=1S/C9H14N4O2/c14-13(15)8-1-2-9(11-7-8)12-5-3-10-4-6-12/h1-2,8,10H,3-7H2. The number of rotatable bonds is 1. The van der Waals surface area contributed by atoms with Crippen molar-refractivity contribution in [1.82, 2.24) is 10.2 Å². The molecule has 1 atom stereocenters. The van der Waals surface area contributed by atoms with E-state index in [1.54, 1.807) is 12.2 Å². The molecule has 1 saturated heterocycles. The van der Waals surface area contributed by atoms with E-state index in [1.807, 2.05) is 0 Å². The molecule has 0 aromatic rings. The van der Waals surface area contributed by atoms with Gasteiger partial charge in [0.1, 0.15) is 12.4 Å². The number of nitrogens with one attached hydrogen (secondary N) is 1. The molecule has 0 bridgehead atoms. The first-order valence-corrected chi connectivity index (χ1v) is 5.09. The fourth-order valence-corrected chi connectivity index (χ4v) is 1.73. The van der Waals surface area contributed by atoms with Gasteiger partial charge in [0, 0.05) is 31.1 Å². The lowest BCUT2D eigenvalue weighted by atomic mass is 10.2.